The van der Waals surface area contributed by atoms with Crippen LogP contribution in [-0.2, 0) is 4.74 Å². The van der Waals surface area contributed by atoms with Gasteiger partial charge >= 0.3 is 5.97 Å². The highest BCUT2D eigenvalue weighted by molar-refractivity contribution is 5.92. The summed E-state index contributed by atoms with van der Waals surface area (Å²) in [6.07, 6.45) is 1.29. The van der Waals surface area contributed by atoms with Crippen LogP contribution in [0.4, 0.5) is 5.69 Å². The van der Waals surface area contributed by atoms with Gasteiger partial charge in [0, 0.05) is 18.8 Å². The number of carbonyl (C=O) groups is 1. The lowest BCUT2D eigenvalue weighted by Gasteiger charge is -2.26. The Morgan fingerprint density at radius 3 is 2.94 bits per heavy atom. The molecule has 1 aliphatic rings. The molecule has 92 valence electrons. The van der Waals surface area contributed by atoms with Gasteiger partial charge in [-0.05, 0) is 24.6 Å². The number of anilines is 1. The second-order valence-electron chi connectivity index (χ2n) is 3.88. The molecule has 17 heavy (non-hydrogen) atoms. The first-order valence-electron chi connectivity index (χ1n) is 5.47. The number of nitrogens with one attached hydrogen (secondary N) is 1. The molecular weight excluding hydrogens is 222 g/mol. The lowest BCUT2D eigenvalue weighted by molar-refractivity contribution is -0.0410. The van der Waals surface area contributed by atoms with Crippen molar-refractivity contribution in [1.29, 1.82) is 0 Å². The molecule has 2 rings (SSSR count). The van der Waals surface area contributed by atoms with E-state index in [2.05, 4.69) is 5.32 Å². The first kappa shape index (κ1) is 11.7. The monoisotopic (exact) mass is 237 g/mol. The summed E-state index contributed by atoms with van der Waals surface area (Å²) in [7, 11) is 1.46. The van der Waals surface area contributed by atoms with Crippen LogP contribution in [-0.4, -0.2) is 37.4 Å². The van der Waals surface area contributed by atoms with E-state index >= 15 is 0 Å². The van der Waals surface area contributed by atoms with E-state index in [1.165, 1.54) is 7.11 Å². The Labute approximate surface area is 99.3 Å². The molecule has 0 aliphatic carbocycles. The van der Waals surface area contributed by atoms with Gasteiger partial charge in [0.25, 0.3) is 0 Å². The topological polar surface area (TPSA) is 67.8 Å². The van der Waals surface area contributed by atoms with Crippen molar-refractivity contribution in [2.24, 2.45) is 0 Å². The van der Waals surface area contributed by atoms with Crippen molar-refractivity contribution in [3.63, 3.8) is 0 Å². The van der Waals surface area contributed by atoms with E-state index in [-0.39, 0.29) is 11.7 Å². The number of aromatic carboxylic acids is 1. The number of carboxylic acids is 1. The fraction of sp³-hybridized carbons (Fsp3) is 0.417. The number of hydrogen-bond acceptors (Lipinski definition) is 4. The lowest BCUT2D eigenvalue weighted by Crippen LogP contribution is -2.33. The van der Waals surface area contributed by atoms with Crippen molar-refractivity contribution in [3.05, 3.63) is 23.8 Å². The normalized spacial score (nSPS) is 18.3. The van der Waals surface area contributed by atoms with E-state index in [0.717, 1.165) is 18.7 Å². The summed E-state index contributed by atoms with van der Waals surface area (Å²) < 4.78 is 10.3. The SMILES string of the molecule is COc1ccc(NCC2CCO2)cc1C(=O)O. The summed E-state index contributed by atoms with van der Waals surface area (Å²) in [5.74, 6) is -0.631. The summed E-state index contributed by atoms with van der Waals surface area (Å²) >= 11 is 0. The zero-order valence-electron chi connectivity index (χ0n) is 9.60. The van der Waals surface area contributed by atoms with Crippen LogP contribution < -0.4 is 10.1 Å². The van der Waals surface area contributed by atoms with E-state index in [0.29, 0.717) is 12.3 Å². The number of benzene rings is 1. The van der Waals surface area contributed by atoms with E-state index < -0.39 is 5.97 Å². The third kappa shape index (κ3) is 2.68. The molecule has 0 saturated carbocycles. The highest BCUT2D eigenvalue weighted by atomic mass is 16.5. The van der Waals surface area contributed by atoms with Gasteiger partial charge in [-0.2, -0.15) is 0 Å². The number of carboxylic acid groups (broad SMARTS) is 1. The molecule has 1 atom stereocenters. The van der Waals surface area contributed by atoms with Gasteiger partial charge in [-0.25, -0.2) is 4.79 Å². The smallest absolute Gasteiger partial charge is 0.339 e. The second-order valence-corrected chi connectivity index (χ2v) is 3.88. The highest BCUT2D eigenvalue weighted by Gasteiger charge is 2.18. The fourth-order valence-electron chi connectivity index (χ4n) is 1.66. The zero-order valence-corrected chi connectivity index (χ0v) is 9.60. The van der Waals surface area contributed by atoms with Crippen molar-refractivity contribution in [2.75, 3.05) is 25.6 Å². The minimum atomic E-state index is -0.995. The van der Waals surface area contributed by atoms with Crippen LogP contribution in [0.3, 0.4) is 0 Å². The van der Waals surface area contributed by atoms with Gasteiger partial charge in [0.1, 0.15) is 11.3 Å². The average Bonchev–Trinajstić information content (AvgIpc) is 2.26. The van der Waals surface area contributed by atoms with E-state index in [9.17, 15) is 4.79 Å². The Morgan fingerprint density at radius 2 is 2.41 bits per heavy atom. The fourth-order valence-corrected chi connectivity index (χ4v) is 1.66. The molecule has 5 nitrogen and oxygen atoms in total. The van der Waals surface area contributed by atoms with Gasteiger partial charge in [-0.15, -0.1) is 0 Å². The van der Waals surface area contributed by atoms with Crippen LogP contribution in [0, 0.1) is 0 Å². The van der Waals surface area contributed by atoms with Crippen LogP contribution in [0.15, 0.2) is 18.2 Å². The van der Waals surface area contributed by atoms with E-state index in [4.69, 9.17) is 14.6 Å². The molecule has 1 aromatic carbocycles. The summed E-state index contributed by atoms with van der Waals surface area (Å²) in [5.41, 5.74) is 0.922. The summed E-state index contributed by atoms with van der Waals surface area (Å²) in [6, 6.07) is 5.01. The molecule has 1 aromatic rings. The molecule has 5 heteroatoms. The van der Waals surface area contributed by atoms with Crippen LogP contribution in [0.5, 0.6) is 5.75 Å². The first-order valence-corrected chi connectivity index (χ1v) is 5.47. The van der Waals surface area contributed by atoms with Gasteiger partial charge in [0.05, 0.1) is 13.2 Å². The molecule has 0 amide bonds. The molecule has 0 bridgehead atoms. The third-order valence-electron chi connectivity index (χ3n) is 2.76. The van der Waals surface area contributed by atoms with Gasteiger partial charge in [0.15, 0.2) is 0 Å². The van der Waals surface area contributed by atoms with Gasteiger partial charge in [-0.3, -0.25) is 0 Å². The third-order valence-corrected chi connectivity index (χ3v) is 2.76. The molecule has 0 aromatic heterocycles. The summed E-state index contributed by atoms with van der Waals surface area (Å²) in [5, 5.41) is 12.2. The number of rotatable bonds is 5. The van der Waals surface area contributed by atoms with Crippen molar-refractivity contribution in [3.8, 4) is 5.75 Å². The van der Waals surface area contributed by atoms with Crippen LogP contribution >= 0.6 is 0 Å². The quantitative estimate of drug-likeness (QED) is 0.814. The Balaban J connectivity index is 2.06. The molecule has 1 heterocycles. The maximum absolute atomic E-state index is 11.0. The maximum atomic E-state index is 11.0. The largest absolute Gasteiger partial charge is 0.496 e. The second kappa shape index (κ2) is 5.05. The standard InChI is InChI=1S/C12H15NO4/c1-16-11-3-2-8(6-10(11)12(14)15)13-7-9-4-5-17-9/h2-3,6,9,13H,4-5,7H2,1H3,(H,14,15). The van der Waals surface area contributed by atoms with E-state index in [1.54, 1.807) is 18.2 Å². The Morgan fingerprint density at radius 1 is 1.65 bits per heavy atom. The van der Waals surface area contributed by atoms with Gasteiger partial charge < -0.3 is 19.9 Å². The van der Waals surface area contributed by atoms with Crippen molar-refractivity contribution in [2.45, 2.75) is 12.5 Å². The minimum absolute atomic E-state index is 0.159. The summed E-state index contributed by atoms with van der Waals surface area (Å²) in [6.45, 7) is 1.51. The Bertz CT molecular complexity index is 415. The first-order chi connectivity index (χ1) is 8.20. The van der Waals surface area contributed by atoms with Crippen molar-refractivity contribution < 1.29 is 19.4 Å². The molecular formula is C12H15NO4. The van der Waals surface area contributed by atoms with Crippen molar-refractivity contribution in [1.82, 2.24) is 0 Å². The van der Waals surface area contributed by atoms with Gasteiger partial charge in [0.2, 0.25) is 0 Å². The number of ether oxygens (including phenoxy) is 2. The summed E-state index contributed by atoms with van der Waals surface area (Å²) in [4.78, 5) is 11.0. The lowest BCUT2D eigenvalue weighted by atomic mass is 10.1. The zero-order chi connectivity index (χ0) is 12.3. The van der Waals surface area contributed by atoms with Crippen LogP contribution in [0.2, 0.25) is 0 Å². The minimum Gasteiger partial charge on any atom is -0.496 e. The average molecular weight is 237 g/mol. The molecule has 1 aliphatic heterocycles. The number of methoxy groups -OCH3 is 1. The van der Waals surface area contributed by atoms with E-state index in [1.807, 2.05) is 0 Å². The molecule has 1 unspecified atom stereocenters. The maximum Gasteiger partial charge on any atom is 0.339 e. The van der Waals surface area contributed by atoms with Crippen LogP contribution in [0.1, 0.15) is 16.8 Å². The predicted octanol–water partition coefficient (Wildman–Crippen LogP) is 1.59. The Hall–Kier alpha value is -1.75. The molecule has 1 saturated heterocycles. The molecule has 0 spiro atoms. The van der Waals surface area contributed by atoms with Crippen molar-refractivity contribution >= 4 is 11.7 Å². The van der Waals surface area contributed by atoms with Gasteiger partial charge in [-0.1, -0.05) is 0 Å². The molecule has 0 radical (unpaired) electrons. The molecule has 1 fully saturated rings. The Kier molecular flexibility index (Phi) is 3.49. The predicted molar refractivity (Wildman–Crippen MR) is 62.8 cm³/mol. The number of hydrogen-bond donors (Lipinski definition) is 2. The molecule has 2 N–H and O–H groups in total. The van der Waals surface area contributed by atoms with Crippen LogP contribution in [0.25, 0.3) is 0 Å². The highest BCUT2D eigenvalue weighted by Crippen LogP contribution is 2.23.